The second-order valence-corrected chi connectivity index (χ2v) is 5.97. The van der Waals surface area contributed by atoms with Crippen LogP contribution in [0.2, 0.25) is 5.02 Å². The second kappa shape index (κ2) is 8.64. The number of nitrogens with one attached hydrogen (secondary N) is 1. The van der Waals surface area contributed by atoms with Crippen molar-refractivity contribution in [2.45, 2.75) is 13.0 Å². The van der Waals surface area contributed by atoms with Crippen molar-refractivity contribution in [3.05, 3.63) is 47.0 Å². The summed E-state index contributed by atoms with van der Waals surface area (Å²) in [6.45, 7) is 2.43. The molecule has 7 nitrogen and oxygen atoms in total. The minimum atomic E-state index is -0.782. The van der Waals surface area contributed by atoms with Gasteiger partial charge in [-0.15, -0.1) is 0 Å². The van der Waals surface area contributed by atoms with E-state index in [1.807, 2.05) is 19.1 Å². The maximum absolute atomic E-state index is 12.2. The van der Waals surface area contributed by atoms with E-state index < -0.39 is 12.0 Å². The Labute approximate surface area is 161 Å². The lowest BCUT2D eigenvalue weighted by molar-refractivity contribution is -0.130. The summed E-state index contributed by atoms with van der Waals surface area (Å²) in [5.41, 5.74) is 3.08. The van der Waals surface area contributed by atoms with Crippen molar-refractivity contribution < 1.29 is 23.7 Å². The molecule has 27 heavy (non-hydrogen) atoms. The van der Waals surface area contributed by atoms with Crippen LogP contribution in [0.3, 0.4) is 0 Å². The van der Waals surface area contributed by atoms with Crippen molar-refractivity contribution >= 4 is 23.7 Å². The minimum Gasteiger partial charge on any atom is -0.493 e. The number of carbonyl (C=O) groups excluding carboxylic acids is 1. The molecule has 1 heterocycles. The number of hydrogen-bond donors (Lipinski definition) is 1. The summed E-state index contributed by atoms with van der Waals surface area (Å²) in [5.74, 6) is 1.67. The smallest absolute Gasteiger partial charge is 0.284 e. The molecule has 0 spiro atoms. The molecule has 0 saturated heterocycles. The number of fused-ring (bicyclic) bond motifs is 1. The number of halogens is 1. The standard InChI is InChI=1S/C19H19ClN2O5/c1-3-25-18-13(20)8-12(9-16(18)24-2)10-21-22-19(23)17-11-26-14-6-4-5-7-15(14)27-17/h4-10,17H,3,11H2,1-2H3,(H,22,23)/b21-10-/t17-/m0/s1. The molecule has 142 valence electrons. The first-order chi connectivity index (χ1) is 13.1. The highest BCUT2D eigenvalue weighted by Crippen LogP contribution is 2.36. The molecule has 0 fully saturated rings. The van der Waals surface area contributed by atoms with E-state index >= 15 is 0 Å². The predicted octanol–water partition coefficient (Wildman–Crippen LogP) is 3.04. The average molecular weight is 391 g/mol. The number of para-hydroxylation sites is 2. The Bertz CT molecular complexity index is 856. The molecule has 0 saturated carbocycles. The van der Waals surface area contributed by atoms with Gasteiger partial charge >= 0.3 is 0 Å². The molecule has 0 bridgehead atoms. The SMILES string of the molecule is CCOc1c(Cl)cc(/C=N\NC(=O)[C@@H]2COc3ccccc3O2)cc1OC. The van der Waals surface area contributed by atoms with Crippen molar-refractivity contribution in [3.8, 4) is 23.0 Å². The van der Waals surface area contributed by atoms with Crippen molar-refractivity contribution in [3.63, 3.8) is 0 Å². The van der Waals surface area contributed by atoms with Gasteiger partial charge in [-0.2, -0.15) is 5.10 Å². The molecule has 1 N–H and O–H groups in total. The van der Waals surface area contributed by atoms with E-state index in [9.17, 15) is 4.79 Å². The van der Waals surface area contributed by atoms with Gasteiger partial charge in [-0.3, -0.25) is 4.79 Å². The molecule has 1 atom stereocenters. The summed E-state index contributed by atoms with van der Waals surface area (Å²) < 4.78 is 21.9. The summed E-state index contributed by atoms with van der Waals surface area (Å²) in [4.78, 5) is 12.2. The number of hydrazone groups is 1. The lowest BCUT2D eigenvalue weighted by Crippen LogP contribution is -2.42. The molecular weight excluding hydrogens is 372 g/mol. The quantitative estimate of drug-likeness (QED) is 0.606. The molecule has 2 aromatic carbocycles. The number of carbonyl (C=O) groups is 1. The average Bonchev–Trinajstić information content (AvgIpc) is 2.69. The number of methoxy groups -OCH3 is 1. The third kappa shape index (κ3) is 4.43. The van der Waals surface area contributed by atoms with E-state index in [4.69, 9.17) is 30.5 Å². The molecule has 8 heteroatoms. The van der Waals surface area contributed by atoms with E-state index in [-0.39, 0.29) is 6.61 Å². The van der Waals surface area contributed by atoms with Crippen LogP contribution in [0.15, 0.2) is 41.5 Å². The topological polar surface area (TPSA) is 78.4 Å². The number of rotatable bonds is 6. The van der Waals surface area contributed by atoms with E-state index in [2.05, 4.69) is 10.5 Å². The van der Waals surface area contributed by atoms with Crippen LogP contribution in [0.4, 0.5) is 0 Å². The highest BCUT2D eigenvalue weighted by molar-refractivity contribution is 6.32. The van der Waals surface area contributed by atoms with Crippen molar-refractivity contribution in [2.75, 3.05) is 20.3 Å². The number of hydrogen-bond acceptors (Lipinski definition) is 6. The first-order valence-electron chi connectivity index (χ1n) is 8.34. The maximum Gasteiger partial charge on any atom is 0.284 e. The van der Waals surface area contributed by atoms with Gasteiger partial charge in [-0.25, -0.2) is 5.43 Å². The zero-order valence-electron chi connectivity index (χ0n) is 14.9. The molecule has 0 radical (unpaired) electrons. The van der Waals surface area contributed by atoms with Gasteiger partial charge in [-0.05, 0) is 36.8 Å². The summed E-state index contributed by atoms with van der Waals surface area (Å²) in [6.07, 6.45) is 0.676. The Hall–Kier alpha value is -2.93. The number of amides is 1. The first-order valence-corrected chi connectivity index (χ1v) is 8.72. The molecule has 1 amide bonds. The Kier molecular flexibility index (Phi) is 6.03. The molecule has 1 aliphatic rings. The highest BCUT2D eigenvalue weighted by atomic mass is 35.5. The van der Waals surface area contributed by atoms with Crippen molar-refractivity contribution in [2.24, 2.45) is 5.10 Å². The van der Waals surface area contributed by atoms with Gasteiger partial charge in [0.2, 0.25) is 6.10 Å². The second-order valence-electron chi connectivity index (χ2n) is 5.57. The molecule has 0 aromatic heterocycles. The summed E-state index contributed by atoms with van der Waals surface area (Å²) in [7, 11) is 1.52. The fourth-order valence-corrected chi connectivity index (χ4v) is 2.76. The zero-order chi connectivity index (χ0) is 19.2. The maximum atomic E-state index is 12.2. The van der Waals surface area contributed by atoms with Crippen LogP contribution in [-0.2, 0) is 4.79 Å². The molecule has 3 rings (SSSR count). The van der Waals surface area contributed by atoms with E-state index in [1.165, 1.54) is 13.3 Å². The molecule has 0 aliphatic carbocycles. The van der Waals surface area contributed by atoms with E-state index in [0.29, 0.717) is 40.2 Å². The monoisotopic (exact) mass is 390 g/mol. The Morgan fingerprint density at radius 2 is 2.15 bits per heavy atom. The minimum absolute atomic E-state index is 0.112. The molecule has 1 aliphatic heterocycles. The van der Waals surface area contributed by atoms with E-state index in [1.54, 1.807) is 24.3 Å². The first kappa shape index (κ1) is 18.8. The van der Waals surface area contributed by atoms with Gasteiger partial charge in [-0.1, -0.05) is 23.7 Å². The third-order valence-corrected chi connectivity index (χ3v) is 4.01. The van der Waals surface area contributed by atoms with Gasteiger partial charge in [0.25, 0.3) is 5.91 Å². The fraction of sp³-hybridized carbons (Fsp3) is 0.263. The summed E-state index contributed by atoms with van der Waals surface area (Å²) in [6, 6.07) is 10.5. The summed E-state index contributed by atoms with van der Waals surface area (Å²) in [5, 5.41) is 4.34. The predicted molar refractivity (Wildman–Crippen MR) is 101 cm³/mol. The Morgan fingerprint density at radius 1 is 1.37 bits per heavy atom. The van der Waals surface area contributed by atoms with Crippen LogP contribution >= 0.6 is 11.6 Å². The van der Waals surface area contributed by atoms with Gasteiger partial charge in [0.05, 0.1) is 25.0 Å². The zero-order valence-corrected chi connectivity index (χ0v) is 15.7. The third-order valence-electron chi connectivity index (χ3n) is 3.73. The van der Waals surface area contributed by atoms with Crippen molar-refractivity contribution in [1.82, 2.24) is 5.43 Å². The molecular formula is C19H19ClN2O5. The highest BCUT2D eigenvalue weighted by Gasteiger charge is 2.27. The Balaban J connectivity index is 1.64. The summed E-state index contributed by atoms with van der Waals surface area (Å²) >= 11 is 6.21. The molecule has 2 aromatic rings. The van der Waals surface area contributed by atoms with Gasteiger partial charge in [0.1, 0.15) is 6.61 Å². The van der Waals surface area contributed by atoms with Gasteiger partial charge < -0.3 is 18.9 Å². The van der Waals surface area contributed by atoms with Crippen LogP contribution in [0.5, 0.6) is 23.0 Å². The van der Waals surface area contributed by atoms with Crippen molar-refractivity contribution in [1.29, 1.82) is 0 Å². The van der Waals surface area contributed by atoms with Crippen LogP contribution in [-0.4, -0.2) is 38.5 Å². The van der Waals surface area contributed by atoms with Crippen LogP contribution < -0.4 is 24.4 Å². The number of ether oxygens (including phenoxy) is 4. The normalized spacial score (nSPS) is 15.4. The number of nitrogens with zero attached hydrogens (tertiary/aromatic N) is 1. The number of benzene rings is 2. The van der Waals surface area contributed by atoms with Gasteiger partial charge in [0, 0.05) is 0 Å². The fourth-order valence-electron chi connectivity index (χ4n) is 2.49. The van der Waals surface area contributed by atoms with Crippen LogP contribution in [0.1, 0.15) is 12.5 Å². The van der Waals surface area contributed by atoms with Crippen LogP contribution in [0.25, 0.3) is 0 Å². The lowest BCUT2D eigenvalue weighted by atomic mass is 10.2. The lowest BCUT2D eigenvalue weighted by Gasteiger charge is -2.24. The molecule has 0 unspecified atom stereocenters. The van der Waals surface area contributed by atoms with E-state index in [0.717, 1.165) is 0 Å². The van der Waals surface area contributed by atoms with Crippen LogP contribution in [0, 0.1) is 0 Å². The Morgan fingerprint density at radius 3 is 2.89 bits per heavy atom. The van der Waals surface area contributed by atoms with Gasteiger partial charge in [0.15, 0.2) is 23.0 Å². The largest absolute Gasteiger partial charge is 0.493 e.